The van der Waals surface area contributed by atoms with Gasteiger partial charge in [0.25, 0.3) is 0 Å². The Kier molecular flexibility index (Phi) is 3.27. The molecule has 0 saturated carbocycles. The Hall–Kier alpha value is -1.79. The number of aryl methyl sites for hydroxylation is 1. The normalized spacial score (nSPS) is 18.8. The molecule has 0 saturated heterocycles. The molecule has 104 valence electrons. The topological polar surface area (TPSA) is 51.6 Å². The SMILES string of the molecule is CC(C)(C#N)CNC1CCCc2c1[nH]c1ccccc21. The smallest absolute Gasteiger partial charge is 0.0697 e. The number of fused-ring (bicyclic) bond motifs is 3. The van der Waals surface area contributed by atoms with Crippen LogP contribution in [0.4, 0.5) is 0 Å². The van der Waals surface area contributed by atoms with Crippen molar-refractivity contribution in [3.63, 3.8) is 0 Å². The van der Waals surface area contributed by atoms with E-state index in [2.05, 4.69) is 40.6 Å². The molecule has 1 aromatic carbocycles. The quantitative estimate of drug-likeness (QED) is 0.891. The van der Waals surface area contributed by atoms with Crippen LogP contribution in [0.15, 0.2) is 24.3 Å². The maximum Gasteiger partial charge on any atom is 0.0697 e. The van der Waals surface area contributed by atoms with Gasteiger partial charge < -0.3 is 10.3 Å². The third-order valence-corrected chi connectivity index (χ3v) is 4.21. The Bertz CT molecular complexity index is 660. The predicted molar refractivity (Wildman–Crippen MR) is 81.4 cm³/mol. The van der Waals surface area contributed by atoms with Crippen LogP contribution in [0.5, 0.6) is 0 Å². The van der Waals surface area contributed by atoms with Crippen molar-refractivity contribution in [3.8, 4) is 6.07 Å². The summed E-state index contributed by atoms with van der Waals surface area (Å²) in [6.07, 6.45) is 3.50. The van der Waals surface area contributed by atoms with E-state index in [4.69, 9.17) is 5.26 Å². The number of para-hydroxylation sites is 1. The van der Waals surface area contributed by atoms with Crippen molar-refractivity contribution in [2.75, 3.05) is 6.54 Å². The first kappa shape index (κ1) is 13.2. The van der Waals surface area contributed by atoms with Crippen LogP contribution in [0.3, 0.4) is 0 Å². The highest BCUT2D eigenvalue weighted by Crippen LogP contribution is 2.34. The maximum atomic E-state index is 9.14. The lowest BCUT2D eigenvalue weighted by atomic mass is 9.90. The standard InChI is InChI=1S/C17H21N3/c1-17(2,10-18)11-19-15-9-5-7-13-12-6-3-4-8-14(12)20-16(13)15/h3-4,6,8,15,19-20H,5,7,9,11H2,1-2H3. The fraction of sp³-hybridized carbons (Fsp3) is 0.471. The van der Waals surface area contributed by atoms with E-state index in [9.17, 15) is 0 Å². The minimum atomic E-state index is -0.316. The zero-order valence-electron chi connectivity index (χ0n) is 12.2. The molecule has 2 aromatic rings. The number of aromatic nitrogens is 1. The van der Waals surface area contributed by atoms with E-state index < -0.39 is 0 Å². The minimum Gasteiger partial charge on any atom is -0.357 e. The van der Waals surface area contributed by atoms with E-state index in [1.807, 2.05) is 13.8 Å². The molecule has 0 spiro atoms. The maximum absolute atomic E-state index is 9.14. The summed E-state index contributed by atoms with van der Waals surface area (Å²) >= 11 is 0. The van der Waals surface area contributed by atoms with Crippen molar-refractivity contribution in [2.24, 2.45) is 5.41 Å². The molecule has 20 heavy (non-hydrogen) atoms. The molecule has 1 heterocycles. The van der Waals surface area contributed by atoms with Crippen LogP contribution in [0.1, 0.15) is 44.0 Å². The number of aromatic amines is 1. The van der Waals surface area contributed by atoms with Crippen molar-refractivity contribution in [1.29, 1.82) is 5.26 Å². The molecule has 2 N–H and O–H groups in total. The second kappa shape index (κ2) is 4.96. The number of benzene rings is 1. The first-order valence-corrected chi connectivity index (χ1v) is 7.35. The lowest BCUT2D eigenvalue weighted by Crippen LogP contribution is -2.33. The summed E-state index contributed by atoms with van der Waals surface area (Å²) in [5.41, 5.74) is 3.69. The second-order valence-corrected chi connectivity index (χ2v) is 6.38. The van der Waals surface area contributed by atoms with E-state index in [-0.39, 0.29) is 5.41 Å². The van der Waals surface area contributed by atoms with Crippen LogP contribution in [0.2, 0.25) is 0 Å². The zero-order valence-corrected chi connectivity index (χ0v) is 12.2. The van der Waals surface area contributed by atoms with Crippen LogP contribution >= 0.6 is 0 Å². The van der Waals surface area contributed by atoms with Gasteiger partial charge in [-0.25, -0.2) is 0 Å². The molecule has 0 radical (unpaired) electrons. The largest absolute Gasteiger partial charge is 0.357 e. The number of nitrogens with zero attached hydrogens (tertiary/aromatic N) is 1. The summed E-state index contributed by atoms with van der Waals surface area (Å²) in [5, 5.41) is 14.1. The molecule has 0 fully saturated rings. The van der Waals surface area contributed by atoms with Crippen molar-refractivity contribution >= 4 is 10.9 Å². The van der Waals surface area contributed by atoms with Gasteiger partial charge in [-0.1, -0.05) is 18.2 Å². The molecular formula is C17H21N3. The first-order valence-electron chi connectivity index (χ1n) is 7.35. The molecule has 3 rings (SSSR count). The van der Waals surface area contributed by atoms with Gasteiger partial charge in [-0.05, 0) is 44.7 Å². The Morgan fingerprint density at radius 3 is 3.00 bits per heavy atom. The van der Waals surface area contributed by atoms with Crippen molar-refractivity contribution < 1.29 is 0 Å². The number of nitriles is 1. The predicted octanol–water partition coefficient (Wildman–Crippen LogP) is 3.68. The monoisotopic (exact) mass is 267 g/mol. The molecule has 1 atom stereocenters. The summed E-state index contributed by atoms with van der Waals surface area (Å²) in [6, 6.07) is 11.2. The molecule has 0 bridgehead atoms. The molecule has 1 aliphatic carbocycles. The summed E-state index contributed by atoms with van der Waals surface area (Å²) in [6.45, 7) is 4.69. The van der Waals surface area contributed by atoms with E-state index in [1.165, 1.54) is 28.6 Å². The molecule has 1 aliphatic rings. The van der Waals surface area contributed by atoms with Gasteiger partial charge >= 0.3 is 0 Å². The second-order valence-electron chi connectivity index (χ2n) is 6.38. The molecule has 3 nitrogen and oxygen atoms in total. The lowest BCUT2D eigenvalue weighted by Gasteiger charge is -2.26. The highest BCUT2D eigenvalue weighted by Gasteiger charge is 2.26. The van der Waals surface area contributed by atoms with Crippen LogP contribution in [-0.4, -0.2) is 11.5 Å². The fourth-order valence-electron chi connectivity index (χ4n) is 3.04. The third-order valence-electron chi connectivity index (χ3n) is 4.21. The number of hydrogen-bond acceptors (Lipinski definition) is 2. The highest BCUT2D eigenvalue weighted by atomic mass is 15.0. The number of hydrogen-bond donors (Lipinski definition) is 2. The number of rotatable bonds is 3. The summed E-state index contributed by atoms with van der Waals surface area (Å²) < 4.78 is 0. The molecule has 0 amide bonds. The Morgan fingerprint density at radius 2 is 2.20 bits per heavy atom. The first-order chi connectivity index (χ1) is 9.61. The average Bonchev–Trinajstić information content (AvgIpc) is 2.84. The van der Waals surface area contributed by atoms with Gasteiger partial charge in [0.15, 0.2) is 0 Å². The van der Waals surface area contributed by atoms with Gasteiger partial charge in [-0.2, -0.15) is 5.26 Å². The molecular weight excluding hydrogens is 246 g/mol. The summed E-state index contributed by atoms with van der Waals surface area (Å²) in [5.74, 6) is 0. The van der Waals surface area contributed by atoms with Crippen LogP contribution in [0, 0.1) is 16.7 Å². The Labute approximate surface area is 120 Å². The van der Waals surface area contributed by atoms with Gasteiger partial charge in [0.1, 0.15) is 0 Å². The molecule has 1 aromatic heterocycles. The van der Waals surface area contributed by atoms with Crippen molar-refractivity contribution in [2.45, 2.75) is 39.2 Å². The highest BCUT2D eigenvalue weighted by molar-refractivity contribution is 5.85. The summed E-state index contributed by atoms with van der Waals surface area (Å²) in [7, 11) is 0. The van der Waals surface area contributed by atoms with Crippen molar-refractivity contribution in [3.05, 3.63) is 35.5 Å². The van der Waals surface area contributed by atoms with E-state index in [1.54, 1.807) is 0 Å². The van der Waals surface area contributed by atoms with Gasteiger partial charge in [-0.3, -0.25) is 0 Å². The van der Waals surface area contributed by atoms with Gasteiger partial charge in [-0.15, -0.1) is 0 Å². The number of H-pyrrole nitrogens is 1. The van der Waals surface area contributed by atoms with E-state index in [0.717, 1.165) is 19.4 Å². The third kappa shape index (κ3) is 2.32. The Morgan fingerprint density at radius 1 is 1.40 bits per heavy atom. The summed E-state index contributed by atoms with van der Waals surface area (Å²) in [4.78, 5) is 3.57. The molecule has 1 unspecified atom stereocenters. The number of nitrogens with one attached hydrogen (secondary N) is 2. The fourth-order valence-corrected chi connectivity index (χ4v) is 3.04. The van der Waals surface area contributed by atoms with Crippen LogP contribution in [-0.2, 0) is 6.42 Å². The van der Waals surface area contributed by atoms with Crippen LogP contribution < -0.4 is 5.32 Å². The molecule has 0 aliphatic heterocycles. The average molecular weight is 267 g/mol. The molecule has 3 heteroatoms. The van der Waals surface area contributed by atoms with Crippen LogP contribution in [0.25, 0.3) is 10.9 Å². The van der Waals surface area contributed by atoms with Gasteiger partial charge in [0, 0.05) is 29.2 Å². The van der Waals surface area contributed by atoms with Gasteiger partial charge in [0.05, 0.1) is 11.5 Å². The Balaban J connectivity index is 1.89. The van der Waals surface area contributed by atoms with E-state index >= 15 is 0 Å². The zero-order chi connectivity index (χ0) is 14.2. The minimum absolute atomic E-state index is 0.316. The lowest BCUT2D eigenvalue weighted by molar-refractivity contribution is 0.375. The van der Waals surface area contributed by atoms with Crippen molar-refractivity contribution in [1.82, 2.24) is 10.3 Å². The van der Waals surface area contributed by atoms with Gasteiger partial charge in [0.2, 0.25) is 0 Å². The van der Waals surface area contributed by atoms with E-state index in [0.29, 0.717) is 6.04 Å².